The molecule has 6 nitrogen and oxygen atoms in total. The monoisotopic (exact) mass is 358 g/mol. The van der Waals surface area contributed by atoms with E-state index in [-0.39, 0.29) is 11.0 Å². The molecule has 0 fully saturated rings. The Morgan fingerprint density at radius 3 is 2.67 bits per heavy atom. The highest BCUT2D eigenvalue weighted by Gasteiger charge is 2.10. The molecular formula is C16H14N4O2S2. The van der Waals surface area contributed by atoms with Gasteiger partial charge in [0.2, 0.25) is 0 Å². The smallest absolute Gasteiger partial charge is 0.257 e. The fraction of sp³-hybridized carbons (Fsp3) is 0.125. The molecule has 0 aliphatic carbocycles. The van der Waals surface area contributed by atoms with E-state index in [9.17, 15) is 4.79 Å². The third-order valence-corrected chi connectivity index (χ3v) is 3.93. The number of rotatable bonds is 4. The molecule has 0 saturated heterocycles. The van der Waals surface area contributed by atoms with Gasteiger partial charge in [0.05, 0.1) is 18.3 Å². The Hall–Kier alpha value is -2.58. The van der Waals surface area contributed by atoms with E-state index in [2.05, 4.69) is 19.4 Å². The van der Waals surface area contributed by atoms with E-state index < -0.39 is 0 Å². The Balaban J connectivity index is 1.62. The molecule has 0 saturated carbocycles. The lowest BCUT2D eigenvalue weighted by Gasteiger charge is -2.10. The summed E-state index contributed by atoms with van der Waals surface area (Å²) in [5.74, 6) is 0.483. The number of fused-ring (bicyclic) bond motifs is 1. The molecule has 3 rings (SSSR count). The molecule has 0 bridgehead atoms. The summed E-state index contributed by atoms with van der Waals surface area (Å²) >= 11 is 6.29. The summed E-state index contributed by atoms with van der Waals surface area (Å²) in [4.78, 5) is 12.2. The number of hydrogen-bond donors (Lipinski definition) is 2. The Bertz CT molecular complexity index is 877. The Morgan fingerprint density at radius 1 is 1.17 bits per heavy atom. The first-order chi connectivity index (χ1) is 11.7. The summed E-state index contributed by atoms with van der Waals surface area (Å²) in [5.41, 5.74) is 2.71. The second-order valence-corrected chi connectivity index (χ2v) is 5.77. The van der Waals surface area contributed by atoms with Gasteiger partial charge >= 0.3 is 0 Å². The van der Waals surface area contributed by atoms with Crippen molar-refractivity contribution < 1.29 is 9.53 Å². The topological polar surface area (TPSA) is 76.1 Å². The number of aromatic nitrogens is 2. The molecule has 1 amide bonds. The number of benzene rings is 2. The first kappa shape index (κ1) is 16.3. The van der Waals surface area contributed by atoms with Crippen molar-refractivity contribution in [1.82, 2.24) is 14.1 Å². The molecule has 1 heterocycles. The van der Waals surface area contributed by atoms with Gasteiger partial charge in [0, 0.05) is 11.3 Å². The average Bonchev–Trinajstić information content (AvgIpc) is 3.04. The molecule has 0 spiro atoms. The van der Waals surface area contributed by atoms with Crippen molar-refractivity contribution >= 4 is 51.7 Å². The van der Waals surface area contributed by atoms with Crippen LogP contribution in [-0.2, 0) is 0 Å². The largest absolute Gasteiger partial charge is 0.494 e. The normalized spacial score (nSPS) is 10.4. The van der Waals surface area contributed by atoms with Gasteiger partial charge in [-0.2, -0.15) is 8.75 Å². The van der Waals surface area contributed by atoms with Gasteiger partial charge in [0.15, 0.2) is 5.11 Å². The lowest BCUT2D eigenvalue weighted by Crippen LogP contribution is -2.34. The first-order valence-electron chi connectivity index (χ1n) is 7.23. The number of ether oxygens (including phenoxy) is 1. The summed E-state index contributed by atoms with van der Waals surface area (Å²) in [6.07, 6.45) is 0. The van der Waals surface area contributed by atoms with Crippen molar-refractivity contribution in [3.8, 4) is 5.75 Å². The van der Waals surface area contributed by atoms with Crippen LogP contribution in [0.3, 0.4) is 0 Å². The van der Waals surface area contributed by atoms with Gasteiger partial charge in [-0.15, -0.1) is 0 Å². The number of hydrogen-bond acceptors (Lipinski definition) is 6. The van der Waals surface area contributed by atoms with E-state index in [1.54, 1.807) is 18.2 Å². The van der Waals surface area contributed by atoms with Gasteiger partial charge in [-0.05, 0) is 61.6 Å². The third kappa shape index (κ3) is 3.84. The maximum absolute atomic E-state index is 12.2. The minimum atomic E-state index is -0.298. The molecule has 8 heteroatoms. The van der Waals surface area contributed by atoms with Gasteiger partial charge in [-0.3, -0.25) is 10.1 Å². The molecule has 2 N–H and O–H groups in total. The number of nitrogens with one attached hydrogen (secondary N) is 2. The van der Waals surface area contributed by atoms with Crippen LogP contribution in [0, 0.1) is 0 Å². The Morgan fingerprint density at radius 2 is 1.92 bits per heavy atom. The van der Waals surface area contributed by atoms with E-state index >= 15 is 0 Å². The number of nitrogens with zero attached hydrogens (tertiary/aromatic N) is 2. The van der Waals surface area contributed by atoms with Gasteiger partial charge in [-0.25, -0.2) is 0 Å². The zero-order valence-electron chi connectivity index (χ0n) is 12.8. The van der Waals surface area contributed by atoms with Crippen LogP contribution in [0.25, 0.3) is 11.0 Å². The third-order valence-electron chi connectivity index (χ3n) is 3.17. The van der Waals surface area contributed by atoms with Crippen LogP contribution in [0.2, 0.25) is 0 Å². The molecule has 0 radical (unpaired) electrons. The highest BCUT2D eigenvalue weighted by atomic mass is 32.1. The highest BCUT2D eigenvalue weighted by molar-refractivity contribution is 7.80. The van der Waals surface area contributed by atoms with Crippen LogP contribution in [-0.4, -0.2) is 26.4 Å². The van der Waals surface area contributed by atoms with E-state index in [1.165, 1.54) is 0 Å². The fourth-order valence-corrected chi connectivity index (χ4v) is 2.79. The molecule has 0 aliphatic heterocycles. The molecule has 122 valence electrons. The minimum Gasteiger partial charge on any atom is -0.494 e. The van der Waals surface area contributed by atoms with Gasteiger partial charge < -0.3 is 10.1 Å². The summed E-state index contributed by atoms with van der Waals surface area (Å²) < 4.78 is 13.6. The summed E-state index contributed by atoms with van der Waals surface area (Å²) in [6, 6.07) is 12.5. The molecular weight excluding hydrogens is 344 g/mol. The Kier molecular flexibility index (Phi) is 4.97. The number of amides is 1. The van der Waals surface area contributed by atoms with E-state index in [0.717, 1.165) is 28.7 Å². The standard InChI is InChI=1S/C16H14N4O2S2/c1-2-22-12-6-4-11(5-7-12)17-16(23)18-15(21)10-3-8-13-14(9-10)20-24-19-13/h3-9H,2H2,1H3,(H2,17,18,21,23). The number of carbonyl (C=O) groups is 1. The second kappa shape index (κ2) is 7.33. The first-order valence-corrected chi connectivity index (χ1v) is 8.37. The van der Waals surface area contributed by atoms with Crippen molar-refractivity contribution in [1.29, 1.82) is 0 Å². The summed E-state index contributed by atoms with van der Waals surface area (Å²) in [7, 11) is 0. The van der Waals surface area contributed by atoms with E-state index in [0.29, 0.717) is 17.7 Å². The van der Waals surface area contributed by atoms with Gasteiger partial charge in [0.1, 0.15) is 16.8 Å². The predicted octanol–water partition coefficient (Wildman–Crippen LogP) is 3.22. The molecule has 2 aromatic carbocycles. The molecule has 24 heavy (non-hydrogen) atoms. The minimum absolute atomic E-state index is 0.223. The highest BCUT2D eigenvalue weighted by Crippen LogP contribution is 2.16. The second-order valence-electron chi connectivity index (χ2n) is 4.83. The van der Waals surface area contributed by atoms with Crippen LogP contribution >= 0.6 is 23.9 Å². The van der Waals surface area contributed by atoms with Crippen LogP contribution < -0.4 is 15.4 Å². The molecule has 3 aromatic rings. The summed E-state index contributed by atoms with van der Waals surface area (Å²) in [5, 5.41) is 5.83. The average molecular weight is 358 g/mol. The molecule has 0 atom stereocenters. The fourth-order valence-electron chi connectivity index (χ4n) is 2.06. The van der Waals surface area contributed by atoms with Crippen LogP contribution in [0.4, 0.5) is 5.69 Å². The number of carbonyl (C=O) groups excluding carboxylic acids is 1. The molecule has 1 aromatic heterocycles. The lowest BCUT2D eigenvalue weighted by molar-refractivity contribution is 0.0978. The van der Waals surface area contributed by atoms with Crippen LogP contribution in [0.15, 0.2) is 42.5 Å². The van der Waals surface area contributed by atoms with Crippen LogP contribution in [0.1, 0.15) is 17.3 Å². The lowest BCUT2D eigenvalue weighted by atomic mass is 10.2. The van der Waals surface area contributed by atoms with Crippen molar-refractivity contribution in [3.05, 3.63) is 48.0 Å². The van der Waals surface area contributed by atoms with E-state index in [1.807, 2.05) is 31.2 Å². The number of thiocarbonyl (C=S) groups is 1. The van der Waals surface area contributed by atoms with Crippen molar-refractivity contribution in [2.75, 3.05) is 11.9 Å². The quantitative estimate of drug-likeness (QED) is 0.698. The molecule has 0 aliphatic rings. The Labute approximate surface area is 148 Å². The number of anilines is 1. The maximum Gasteiger partial charge on any atom is 0.257 e. The zero-order valence-corrected chi connectivity index (χ0v) is 14.4. The zero-order chi connectivity index (χ0) is 16.9. The summed E-state index contributed by atoms with van der Waals surface area (Å²) in [6.45, 7) is 2.54. The maximum atomic E-state index is 12.2. The van der Waals surface area contributed by atoms with Gasteiger partial charge in [-0.1, -0.05) is 0 Å². The van der Waals surface area contributed by atoms with Crippen molar-refractivity contribution in [3.63, 3.8) is 0 Å². The van der Waals surface area contributed by atoms with E-state index in [4.69, 9.17) is 17.0 Å². The SMILES string of the molecule is CCOc1ccc(NC(=S)NC(=O)c2ccc3nsnc3c2)cc1. The van der Waals surface area contributed by atoms with Crippen molar-refractivity contribution in [2.45, 2.75) is 6.92 Å². The molecule has 0 unspecified atom stereocenters. The van der Waals surface area contributed by atoms with Gasteiger partial charge in [0.25, 0.3) is 5.91 Å². The predicted molar refractivity (Wildman–Crippen MR) is 98.7 cm³/mol. The van der Waals surface area contributed by atoms with Crippen molar-refractivity contribution in [2.24, 2.45) is 0 Å². The van der Waals surface area contributed by atoms with Crippen LogP contribution in [0.5, 0.6) is 5.75 Å².